The van der Waals surface area contributed by atoms with Gasteiger partial charge < -0.3 is 25.9 Å². The second-order valence-corrected chi connectivity index (χ2v) is 8.67. The van der Waals surface area contributed by atoms with Crippen molar-refractivity contribution in [2.24, 2.45) is 0 Å². The molecule has 3 aromatic carbocycles. The third-order valence-electron chi connectivity index (χ3n) is 5.52. The molecule has 0 fully saturated rings. The molecule has 0 saturated heterocycles. The van der Waals surface area contributed by atoms with Crippen LogP contribution < -0.4 is 15.8 Å². The molecule has 4 rings (SSSR count). The van der Waals surface area contributed by atoms with Gasteiger partial charge in [0.2, 0.25) is 0 Å². The van der Waals surface area contributed by atoms with Crippen molar-refractivity contribution in [3.8, 4) is 17.6 Å². The Morgan fingerprint density at radius 3 is 2.57 bits per heavy atom. The Labute approximate surface area is 205 Å². The van der Waals surface area contributed by atoms with E-state index in [9.17, 15) is 9.90 Å². The first-order chi connectivity index (χ1) is 16.9. The van der Waals surface area contributed by atoms with Crippen molar-refractivity contribution < 1.29 is 14.6 Å². The number of aliphatic hydroxyl groups is 1. The highest BCUT2D eigenvalue weighted by Gasteiger charge is 2.19. The molecule has 1 heterocycles. The number of nitrogen functional groups attached to an aromatic ring is 1. The number of anilines is 1. The van der Waals surface area contributed by atoms with Gasteiger partial charge in [-0.15, -0.1) is 0 Å². The number of ether oxygens (including phenoxy) is 1. The Kier molecular flexibility index (Phi) is 7.39. The van der Waals surface area contributed by atoms with Gasteiger partial charge in [-0.25, -0.2) is 0 Å². The molecule has 0 spiro atoms. The van der Waals surface area contributed by atoms with E-state index >= 15 is 0 Å². The number of nitrogens with two attached hydrogens (primary N) is 1. The molecule has 0 radical (unpaired) electrons. The van der Waals surface area contributed by atoms with Gasteiger partial charge in [-0.3, -0.25) is 4.79 Å². The van der Waals surface area contributed by atoms with Crippen LogP contribution in [0.15, 0.2) is 72.9 Å². The quantitative estimate of drug-likeness (QED) is 0.241. The fourth-order valence-corrected chi connectivity index (χ4v) is 3.89. The molecule has 0 bridgehead atoms. The number of nitrogens with one attached hydrogen (secondary N) is 2. The minimum Gasteiger partial charge on any atom is -0.490 e. The molecular formula is C29H29N3O3. The maximum atomic E-state index is 13.3. The van der Waals surface area contributed by atoms with Crippen molar-refractivity contribution >= 4 is 22.5 Å². The third kappa shape index (κ3) is 6.03. The number of aromatic nitrogens is 1. The van der Waals surface area contributed by atoms with Gasteiger partial charge in [0.15, 0.2) is 0 Å². The van der Waals surface area contributed by atoms with Crippen molar-refractivity contribution in [3.05, 3.63) is 95.2 Å². The number of aliphatic hydroxyl groups excluding tert-OH is 1. The Balaban J connectivity index is 1.58. The van der Waals surface area contributed by atoms with Crippen LogP contribution in [0.4, 0.5) is 5.69 Å². The highest BCUT2D eigenvalue weighted by molar-refractivity contribution is 5.97. The van der Waals surface area contributed by atoms with Crippen LogP contribution in [-0.2, 0) is 6.42 Å². The van der Waals surface area contributed by atoms with E-state index in [1.54, 1.807) is 24.3 Å². The standard InChI is InChI=1S/C29H29N3O3/c1-19(2)35-28-13-12-21(11-10-20-6-5-7-23(30)14-20)15-26(28)29(34)32-24(18-33)16-22-17-31-27-9-4-3-8-25(22)27/h3-9,12-15,17,19,24,31,33H,16,18,30H2,1-2H3,(H,32,34)/t24-/m1/s1. The summed E-state index contributed by atoms with van der Waals surface area (Å²) in [5.74, 6) is 6.32. The molecular weight excluding hydrogens is 438 g/mol. The largest absolute Gasteiger partial charge is 0.490 e. The molecule has 4 aromatic rings. The monoisotopic (exact) mass is 467 g/mol. The van der Waals surface area contributed by atoms with E-state index in [1.807, 2.05) is 62.5 Å². The van der Waals surface area contributed by atoms with Crippen LogP contribution in [0.2, 0.25) is 0 Å². The first kappa shape index (κ1) is 23.9. The van der Waals surface area contributed by atoms with Gasteiger partial charge in [0.1, 0.15) is 5.75 Å². The van der Waals surface area contributed by atoms with Gasteiger partial charge in [-0.2, -0.15) is 0 Å². The molecule has 0 saturated carbocycles. The first-order valence-corrected chi connectivity index (χ1v) is 11.6. The number of hydrogen-bond donors (Lipinski definition) is 4. The number of H-pyrrole nitrogens is 1. The summed E-state index contributed by atoms with van der Waals surface area (Å²) in [7, 11) is 0. The normalized spacial score (nSPS) is 11.7. The highest BCUT2D eigenvalue weighted by atomic mass is 16.5. The second kappa shape index (κ2) is 10.8. The van der Waals surface area contributed by atoms with E-state index in [1.165, 1.54) is 0 Å². The van der Waals surface area contributed by atoms with E-state index in [2.05, 4.69) is 22.1 Å². The predicted molar refractivity (Wildman–Crippen MR) is 139 cm³/mol. The number of amides is 1. The zero-order valence-electron chi connectivity index (χ0n) is 19.8. The summed E-state index contributed by atoms with van der Waals surface area (Å²) in [6.07, 6.45) is 2.30. The number of hydrogen-bond acceptors (Lipinski definition) is 4. The summed E-state index contributed by atoms with van der Waals surface area (Å²) in [5, 5.41) is 14.0. The molecule has 0 aliphatic rings. The maximum absolute atomic E-state index is 13.3. The number of benzene rings is 3. The summed E-state index contributed by atoms with van der Waals surface area (Å²) < 4.78 is 5.89. The van der Waals surface area contributed by atoms with Crippen LogP contribution in [0.5, 0.6) is 5.75 Å². The predicted octanol–water partition coefficient (Wildman–Crippen LogP) is 4.27. The van der Waals surface area contributed by atoms with Crippen LogP contribution in [0.1, 0.15) is 40.9 Å². The zero-order valence-corrected chi connectivity index (χ0v) is 19.8. The number of rotatable bonds is 7. The number of carbonyl (C=O) groups is 1. The fraction of sp³-hybridized carbons (Fsp3) is 0.207. The molecule has 35 heavy (non-hydrogen) atoms. The van der Waals surface area contributed by atoms with E-state index in [0.717, 1.165) is 22.0 Å². The number of fused-ring (bicyclic) bond motifs is 1. The zero-order chi connectivity index (χ0) is 24.8. The van der Waals surface area contributed by atoms with Crippen molar-refractivity contribution in [1.82, 2.24) is 10.3 Å². The first-order valence-electron chi connectivity index (χ1n) is 11.6. The van der Waals surface area contributed by atoms with E-state index in [-0.39, 0.29) is 18.6 Å². The molecule has 178 valence electrons. The molecule has 1 atom stereocenters. The summed E-state index contributed by atoms with van der Waals surface area (Å²) in [4.78, 5) is 16.5. The summed E-state index contributed by atoms with van der Waals surface area (Å²) in [6.45, 7) is 3.62. The van der Waals surface area contributed by atoms with Crippen LogP contribution >= 0.6 is 0 Å². The summed E-state index contributed by atoms with van der Waals surface area (Å²) in [5.41, 5.74) is 10.4. The van der Waals surface area contributed by atoms with Gasteiger partial charge in [0.05, 0.1) is 24.3 Å². The van der Waals surface area contributed by atoms with Crippen LogP contribution in [0, 0.1) is 11.8 Å². The van der Waals surface area contributed by atoms with Gasteiger partial charge >= 0.3 is 0 Å². The Hall–Kier alpha value is -4.21. The van der Waals surface area contributed by atoms with Crippen molar-refractivity contribution in [3.63, 3.8) is 0 Å². The van der Waals surface area contributed by atoms with Gasteiger partial charge in [-0.05, 0) is 68.3 Å². The average Bonchev–Trinajstić information content (AvgIpc) is 3.25. The summed E-state index contributed by atoms with van der Waals surface area (Å²) in [6, 6.07) is 20.1. The van der Waals surface area contributed by atoms with Gasteiger partial charge in [0, 0.05) is 33.9 Å². The van der Waals surface area contributed by atoms with E-state index in [0.29, 0.717) is 29.0 Å². The lowest BCUT2D eigenvalue weighted by Crippen LogP contribution is -2.39. The minimum absolute atomic E-state index is 0.106. The molecule has 0 aliphatic carbocycles. The van der Waals surface area contributed by atoms with Crippen molar-refractivity contribution in [1.29, 1.82) is 0 Å². The maximum Gasteiger partial charge on any atom is 0.255 e. The van der Waals surface area contributed by atoms with E-state index < -0.39 is 6.04 Å². The van der Waals surface area contributed by atoms with Crippen molar-refractivity contribution in [2.75, 3.05) is 12.3 Å². The smallest absolute Gasteiger partial charge is 0.255 e. The molecule has 6 heteroatoms. The Bertz CT molecular complexity index is 1400. The fourth-order valence-electron chi connectivity index (χ4n) is 3.89. The number of carbonyl (C=O) groups excluding carboxylic acids is 1. The Morgan fingerprint density at radius 1 is 1.06 bits per heavy atom. The molecule has 6 nitrogen and oxygen atoms in total. The second-order valence-electron chi connectivity index (χ2n) is 8.67. The van der Waals surface area contributed by atoms with Crippen LogP contribution in [0.25, 0.3) is 10.9 Å². The SMILES string of the molecule is CC(C)Oc1ccc(C#Cc2cccc(N)c2)cc1C(=O)N[C@@H](CO)Cc1c[nH]c2ccccc12. The highest BCUT2D eigenvalue weighted by Crippen LogP contribution is 2.23. The van der Waals surface area contributed by atoms with E-state index in [4.69, 9.17) is 10.5 Å². The Morgan fingerprint density at radius 2 is 1.83 bits per heavy atom. The topological polar surface area (TPSA) is 100 Å². The molecule has 0 aliphatic heterocycles. The van der Waals surface area contributed by atoms with Gasteiger partial charge in [-0.1, -0.05) is 36.1 Å². The van der Waals surface area contributed by atoms with Crippen LogP contribution in [0.3, 0.4) is 0 Å². The lowest BCUT2D eigenvalue weighted by molar-refractivity contribution is 0.0910. The van der Waals surface area contributed by atoms with Crippen molar-refractivity contribution in [2.45, 2.75) is 32.4 Å². The molecule has 1 amide bonds. The minimum atomic E-state index is -0.462. The number of aromatic amines is 1. The molecule has 0 unspecified atom stereocenters. The van der Waals surface area contributed by atoms with Crippen LogP contribution in [-0.4, -0.2) is 34.8 Å². The molecule has 1 aromatic heterocycles. The lowest BCUT2D eigenvalue weighted by atomic mass is 10.0. The average molecular weight is 468 g/mol. The number of para-hydroxylation sites is 1. The summed E-state index contributed by atoms with van der Waals surface area (Å²) >= 11 is 0. The van der Waals surface area contributed by atoms with Gasteiger partial charge in [0.25, 0.3) is 5.91 Å². The molecule has 5 N–H and O–H groups in total. The third-order valence-corrected chi connectivity index (χ3v) is 5.52. The lowest BCUT2D eigenvalue weighted by Gasteiger charge is -2.19.